The summed E-state index contributed by atoms with van der Waals surface area (Å²) in [6.45, 7) is 0. The first-order valence-corrected chi connectivity index (χ1v) is 7.09. The summed E-state index contributed by atoms with van der Waals surface area (Å²) in [6.07, 6.45) is 8.68. The molecule has 3 rings (SSSR count). The molecule has 0 atom stereocenters. The lowest BCUT2D eigenvalue weighted by molar-refractivity contribution is 0.332. The number of nitrogens with one attached hydrogen (secondary N) is 1. The fourth-order valence-corrected chi connectivity index (χ4v) is 2.48. The molecule has 0 spiro atoms. The Labute approximate surface area is 124 Å². The van der Waals surface area contributed by atoms with Crippen LogP contribution in [0, 0.1) is 0 Å². The molecule has 0 saturated carbocycles. The van der Waals surface area contributed by atoms with E-state index in [0.717, 1.165) is 5.57 Å². The minimum atomic E-state index is -0.135. The third-order valence-electron chi connectivity index (χ3n) is 2.78. The van der Waals surface area contributed by atoms with Gasteiger partial charge in [-0.05, 0) is 12.1 Å². The molecule has 0 unspecified atom stereocenters. The van der Waals surface area contributed by atoms with E-state index in [0.29, 0.717) is 23.2 Å². The van der Waals surface area contributed by atoms with E-state index in [1.807, 2.05) is 11.5 Å². The maximum atomic E-state index is 9.68. The Bertz CT molecular complexity index is 734. The van der Waals surface area contributed by atoms with Crippen molar-refractivity contribution < 1.29 is 10.2 Å². The van der Waals surface area contributed by atoms with Crippen LogP contribution in [0.1, 0.15) is 12.1 Å². The van der Waals surface area contributed by atoms with Gasteiger partial charge in [0, 0.05) is 29.8 Å². The monoisotopic (exact) mass is 300 g/mol. The number of allylic oxidation sites excluding steroid dienone is 4. The number of nitrogens with zero attached hydrogens (tertiary/aromatic N) is 3. The summed E-state index contributed by atoms with van der Waals surface area (Å²) in [5.74, 6) is 0.292. The Hall–Kier alpha value is -2.67. The highest BCUT2D eigenvalue weighted by atomic mass is 32.1. The predicted molar refractivity (Wildman–Crippen MR) is 81.4 cm³/mol. The number of thiazole rings is 1. The average molecular weight is 300 g/mol. The van der Waals surface area contributed by atoms with Crippen molar-refractivity contribution in [2.75, 3.05) is 5.32 Å². The molecular formula is C14H12N4O2S. The number of aromatic nitrogens is 3. The Balaban J connectivity index is 1.84. The molecule has 7 heteroatoms. The van der Waals surface area contributed by atoms with Crippen LogP contribution in [0.15, 0.2) is 53.6 Å². The van der Waals surface area contributed by atoms with Gasteiger partial charge in [-0.3, -0.25) is 0 Å². The first kappa shape index (κ1) is 13.3. The minimum absolute atomic E-state index is 0.0486. The van der Waals surface area contributed by atoms with Gasteiger partial charge < -0.3 is 15.5 Å². The second-order valence-corrected chi connectivity index (χ2v) is 5.13. The third kappa shape index (κ3) is 3.09. The van der Waals surface area contributed by atoms with Gasteiger partial charge in [-0.25, -0.2) is 15.0 Å². The van der Waals surface area contributed by atoms with Crippen LogP contribution in [-0.4, -0.2) is 25.2 Å². The topological polar surface area (TPSA) is 91.2 Å². The van der Waals surface area contributed by atoms with Crippen molar-refractivity contribution >= 4 is 28.0 Å². The number of rotatable bonds is 3. The largest absolute Gasteiger partial charge is 0.508 e. The van der Waals surface area contributed by atoms with E-state index in [2.05, 4.69) is 20.3 Å². The molecule has 0 bridgehead atoms. The van der Waals surface area contributed by atoms with Crippen LogP contribution in [0.2, 0.25) is 0 Å². The SMILES string of the molecule is OC1=C(O)CC=CC(c2csc(Nc3ncccn3)n2)=C1. The number of hydrogen-bond acceptors (Lipinski definition) is 7. The zero-order valence-corrected chi connectivity index (χ0v) is 11.7. The zero-order chi connectivity index (χ0) is 14.7. The lowest BCUT2D eigenvalue weighted by Gasteiger charge is -1.99. The fraction of sp³-hybridized carbons (Fsp3) is 0.0714. The van der Waals surface area contributed by atoms with Crippen LogP contribution >= 0.6 is 11.3 Å². The molecule has 0 fully saturated rings. The van der Waals surface area contributed by atoms with Gasteiger partial charge in [0.15, 0.2) is 10.9 Å². The number of hydrogen-bond donors (Lipinski definition) is 3. The van der Waals surface area contributed by atoms with Gasteiger partial charge in [0.25, 0.3) is 0 Å². The summed E-state index contributed by atoms with van der Waals surface area (Å²) in [5, 5.41) is 24.7. The number of anilines is 2. The van der Waals surface area contributed by atoms with Crippen molar-refractivity contribution in [1.82, 2.24) is 15.0 Å². The fourth-order valence-electron chi connectivity index (χ4n) is 1.76. The highest BCUT2D eigenvalue weighted by Crippen LogP contribution is 2.27. The van der Waals surface area contributed by atoms with Crippen molar-refractivity contribution in [3.05, 3.63) is 59.3 Å². The van der Waals surface area contributed by atoms with Crippen LogP contribution in [0.5, 0.6) is 0 Å². The molecule has 1 aliphatic carbocycles. The van der Waals surface area contributed by atoms with Crippen LogP contribution in [0.25, 0.3) is 5.57 Å². The van der Waals surface area contributed by atoms with Gasteiger partial charge in [-0.1, -0.05) is 12.2 Å². The first-order valence-electron chi connectivity index (χ1n) is 6.21. The summed E-state index contributed by atoms with van der Waals surface area (Å²) < 4.78 is 0. The van der Waals surface area contributed by atoms with Crippen LogP contribution in [0.3, 0.4) is 0 Å². The summed E-state index contributed by atoms with van der Waals surface area (Å²) in [6, 6.07) is 1.74. The molecule has 2 aromatic rings. The molecule has 0 radical (unpaired) electrons. The van der Waals surface area contributed by atoms with Crippen molar-refractivity contribution in [1.29, 1.82) is 0 Å². The molecule has 1 aliphatic rings. The lowest BCUT2D eigenvalue weighted by atomic mass is 10.2. The highest BCUT2D eigenvalue weighted by Gasteiger charge is 2.10. The van der Waals surface area contributed by atoms with E-state index in [1.54, 1.807) is 24.5 Å². The van der Waals surface area contributed by atoms with Gasteiger partial charge in [-0.2, -0.15) is 0 Å². The zero-order valence-electron chi connectivity index (χ0n) is 10.9. The Kier molecular flexibility index (Phi) is 3.65. The molecule has 0 amide bonds. The van der Waals surface area contributed by atoms with Crippen molar-refractivity contribution in [3.8, 4) is 0 Å². The maximum Gasteiger partial charge on any atom is 0.228 e. The van der Waals surface area contributed by atoms with Crippen molar-refractivity contribution in [2.45, 2.75) is 6.42 Å². The van der Waals surface area contributed by atoms with Gasteiger partial charge in [-0.15, -0.1) is 11.3 Å². The third-order valence-corrected chi connectivity index (χ3v) is 3.54. The Morgan fingerprint density at radius 3 is 2.81 bits per heavy atom. The highest BCUT2D eigenvalue weighted by molar-refractivity contribution is 7.13. The first-order chi connectivity index (χ1) is 10.2. The van der Waals surface area contributed by atoms with E-state index in [9.17, 15) is 10.2 Å². The molecule has 21 heavy (non-hydrogen) atoms. The Morgan fingerprint density at radius 2 is 2.00 bits per heavy atom. The molecule has 3 N–H and O–H groups in total. The van der Waals surface area contributed by atoms with Gasteiger partial charge in [0.05, 0.1) is 5.69 Å². The average Bonchev–Trinajstić information content (AvgIpc) is 2.88. The van der Waals surface area contributed by atoms with E-state index < -0.39 is 0 Å². The summed E-state index contributed by atoms with van der Waals surface area (Å²) >= 11 is 1.41. The van der Waals surface area contributed by atoms with Gasteiger partial charge >= 0.3 is 0 Å². The minimum Gasteiger partial charge on any atom is -0.508 e. The van der Waals surface area contributed by atoms with Crippen LogP contribution in [0.4, 0.5) is 11.1 Å². The van der Waals surface area contributed by atoms with Crippen molar-refractivity contribution in [2.24, 2.45) is 0 Å². The maximum absolute atomic E-state index is 9.68. The van der Waals surface area contributed by atoms with Gasteiger partial charge in [0.2, 0.25) is 5.95 Å². The quantitative estimate of drug-likeness (QED) is 0.805. The molecule has 6 nitrogen and oxygen atoms in total. The number of aliphatic hydroxyl groups excluding tert-OH is 2. The summed E-state index contributed by atoms with van der Waals surface area (Å²) in [4.78, 5) is 12.6. The predicted octanol–water partition coefficient (Wildman–Crippen LogP) is 3.35. The molecule has 106 valence electrons. The number of aliphatic hydroxyl groups is 2. The van der Waals surface area contributed by atoms with E-state index in [1.165, 1.54) is 17.4 Å². The summed E-state index contributed by atoms with van der Waals surface area (Å²) in [5.41, 5.74) is 1.44. The van der Waals surface area contributed by atoms with Crippen molar-refractivity contribution in [3.63, 3.8) is 0 Å². The smallest absolute Gasteiger partial charge is 0.228 e. The lowest BCUT2D eigenvalue weighted by Crippen LogP contribution is -1.95. The second kappa shape index (κ2) is 5.76. The van der Waals surface area contributed by atoms with E-state index in [-0.39, 0.29) is 11.5 Å². The second-order valence-electron chi connectivity index (χ2n) is 4.27. The Morgan fingerprint density at radius 1 is 1.19 bits per heavy atom. The molecule has 0 aliphatic heterocycles. The van der Waals surface area contributed by atoms with Gasteiger partial charge in [0.1, 0.15) is 5.76 Å². The van der Waals surface area contributed by atoms with Crippen LogP contribution < -0.4 is 5.32 Å². The molecule has 0 saturated heterocycles. The van der Waals surface area contributed by atoms with E-state index in [4.69, 9.17) is 0 Å². The molecular weight excluding hydrogens is 288 g/mol. The molecule has 2 aromatic heterocycles. The molecule has 0 aromatic carbocycles. The standard InChI is InChI=1S/C14H12N4O2S/c19-11-4-1-3-9(7-12(11)20)10-8-21-14(17-10)18-13-15-5-2-6-16-13/h1-3,5-8,19-20H,4H2,(H,15,16,17,18). The van der Waals surface area contributed by atoms with Crippen LogP contribution in [-0.2, 0) is 0 Å². The van der Waals surface area contributed by atoms with E-state index >= 15 is 0 Å². The summed E-state index contributed by atoms with van der Waals surface area (Å²) in [7, 11) is 0. The molecule has 2 heterocycles. The normalized spacial score (nSPS) is 14.8.